The van der Waals surface area contributed by atoms with E-state index < -0.39 is 23.9 Å². The predicted molar refractivity (Wildman–Crippen MR) is 54.8 cm³/mol. The third kappa shape index (κ3) is 3.80. The number of rotatable bonds is 5. The van der Waals surface area contributed by atoms with Gasteiger partial charge in [-0.2, -0.15) is 4.39 Å². The second-order valence-electron chi connectivity index (χ2n) is 3.24. The molecule has 0 fully saturated rings. The lowest BCUT2D eigenvalue weighted by molar-refractivity contribution is -0.139. The van der Waals surface area contributed by atoms with E-state index in [0.717, 1.165) is 12.3 Å². The molecule has 0 aromatic carbocycles. The molecule has 1 aromatic rings. The van der Waals surface area contributed by atoms with Crippen LogP contribution in [0.15, 0.2) is 18.3 Å². The summed E-state index contributed by atoms with van der Waals surface area (Å²) in [4.78, 5) is 25.5. The highest BCUT2D eigenvalue weighted by molar-refractivity contribution is 5.96. The van der Waals surface area contributed by atoms with Crippen LogP contribution >= 0.6 is 0 Å². The van der Waals surface area contributed by atoms with Gasteiger partial charge in [0.25, 0.3) is 5.91 Å². The van der Waals surface area contributed by atoms with Crippen molar-refractivity contribution in [3.8, 4) is 0 Å². The monoisotopic (exact) mass is 242 g/mol. The molecule has 0 saturated heterocycles. The van der Waals surface area contributed by atoms with E-state index in [2.05, 4.69) is 10.3 Å². The maximum Gasteiger partial charge on any atom is 0.326 e. The summed E-state index contributed by atoms with van der Waals surface area (Å²) in [6.45, 7) is -0.373. The Balaban J connectivity index is 2.73. The summed E-state index contributed by atoms with van der Waals surface area (Å²) in [5, 5.41) is 19.5. The van der Waals surface area contributed by atoms with Crippen molar-refractivity contribution in [3.05, 3.63) is 29.8 Å². The lowest BCUT2D eigenvalue weighted by Crippen LogP contribution is -2.41. The molecule has 0 unspecified atom stereocenters. The number of hydrogen-bond acceptors (Lipinski definition) is 4. The number of amides is 1. The summed E-state index contributed by atoms with van der Waals surface area (Å²) < 4.78 is 12.7. The molecule has 0 radical (unpaired) electrons. The van der Waals surface area contributed by atoms with Crippen molar-refractivity contribution in [2.75, 3.05) is 6.61 Å². The van der Waals surface area contributed by atoms with Gasteiger partial charge in [0.15, 0.2) is 0 Å². The summed E-state index contributed by atoms with van der Waals surface area (Å²) in [6, 6.07) is 0.951. The summed E-state index contributed by atoms with van der Waals surface area (Å²) in [7, 11) is 0. The molecule has 3 N–H and O–H groups in total. The van der Waals surface area contributed by atoms with Crippen molar-refractivity contribution in [1.82, 2.24) is 10.3 Å². The maximum absolute atomic E-state index is 12.7. The topological polar surface area (TPSA) is 99.5 Å². The number of pyridine rings is 1. The predicted octanol–water partition coefficient (Wildman–Crippen LogP) is -0.214. The fourth-order valence-corrected chi connectivity index (χ4v) is 1.17. The second-order valence-corrected chi connectivity index (χ2v) is 3.24. The molecular weight excluding hydrogens is 231 g/mol. The van der Waals surface area contributed by atoms with Crippen LogP contribution in [0.1, 0.15) is 16.8 Å². The number of aliphatic hydroxyl groups is 1. The maximum atomic E-state index is 12.7. The Labute approximate surface area is 96.1 Å². The van der Waals surface area contributed by atoms with Gasteiger partial charge in [0, 0.05) is 30.9 Å². The third-order valence-corrected chi connectivity index (χ3v) is 2.01. The van der Waals surface area contributed by atoms with Crippen LogP contribution in [0.3, 0.4) is 0 Å². The summed E-state index contributed by atoms with van der Waals surface area (Å²) in [6.07, 6.45) is 0.987. The number of nitrogens with one attached hydrogen (secondary N) is 1. The first-order valence-corrected chi connectivity index (χ1v) is 4.80. The van der Waals surface area contributed by atoms with Gasteiger partial charge in [-0.15, -0.1) is 0 Å². The number of aliphatic hydroxyl groups excluding tert-OH is 1. The molecule has 0 saturated carbocycles. The fourth-order valence-electron chi connectivity index (χ4n) is 1.17. The second kappa shape index (κ2) is 5.90. The van der Waals surface area contributed by atoms with Gasteiger partial charge >= 0.3 is 5.97 Å². The van der Waals surface area contributed by atoms with E-state index in [1.807, 2.05) is 0 Å². The van der Waals surface area contributed by atoms with Crippen LogP contribution in [0.4, 0.5) is 4.39 Å². The zero-order chi connectivity index (χ0) is 12.8. The van der Waals surface area contributed by atoms with Gasteiger partial charge in [-0.25, -0.2) is 9.78 Å². The third-order valence-electron chi connectivity index (χ3n) is 2.01. The number of aliphatic carboxylic acids is 1. The lowest BCUT2D eigenvalue weighted by atomic mass is 10.2. The molecule has 17 heavy (non-hydrogen) atoms. The Morgan fingerprint density at radius 3 is 2.76 bits per heavy atom. The van der Waals surface area contributed by atoms with Crippen LogP contribution < -0.4 is 5.32 Å². The van der Waals surface area contributed by atoms with E-state index >= 15 is 0 Å². The largest absolute Gasteiger partial charge is 0.480 e. The van der Waals surface area contributed by atoms with Crippen LogP contribution in [-0.4, -0.2) is 39.7 Å². The highest BCUT2D eigenvalue weighted by atomic mass is 19.1. The van der Waals surface area contributed by atoms with Crippen LogP contribution in [0, 0.1) is 5.95 Å². The lowest BCUT2D eigenvalue weighted by Gasteiger charge is -2.12. The highest BCUT2D eigenvalue weighted by Crippen LogP contribution is 2.02. The molecular formula is C10H11FN2O4. The van der Waals surface area contributed by atoms with E-state index in [4.69, 9.17) is 10.2 Å². The summed E-state index contributed by atoms with van der Waals surface area (Å²) in [5.41, 5.74) is -0.0262. The molecule has 1 aromatic heterocycles. The number of nitrogens with zero attached hydrogens (tertiary/aromatic N) is 1. The SMILES string of the molecule is O=C(N[C@H](CCO)C(=O)O)c1ccnc(F)c1. The van der Waals surface area contributed by atoms with Crippen molar-refractivity contribution in [3.63, 3.8) is 0 Å². The van der Waals surface area contributed by atoms with Crippen LogP contribution in [0.2, 0.25) is 0 Å². The first-order valence-electron chi connectivity index (χ1n) is 4.80. The number of carboxylic acids is 1. The van der Waals surface area contributed by atoms with E-state index in [0.29, 0.717) is 0 Å². The molecule has 1 heterocycles. The van der Waals surface area contributed by atoms with Gasteiger partial charge < -0.3 is 15.5 Å². The zero-order valence-electron chi connectivity index (χ0n) is 8.76. The Kier molecular flexibility index (Phi) is 4.53. The Morgan fingerprint density at radius 2 is 2.24 bits per heavy atom. The fraction of sp³-hybridized carbons (Fsp3) is 0.300. The number of hydrogen-bond donors (Lipinski definition) is 3. The van der Waals surface area contributed by atoms with Gasteiger partial charge in [-0.1, -0.05) is 0 Å². The van der Waals surface area contributed by atoms with E-state index in [1.165, 1.54) is 6.07 Å². The normalized spacial score (nSPS) is 11.9. The minimum absolute atomic E-state index is 0.0262. The number of carbonyl (C=O) groups excluding carboxylic acids is 1. The highest BCUT2D eigenvalue weighted by Gasteiger charge is 2.20. The van der Waals surface area contributed by atoms with Crippen molar-refractivity contribution in [2.45, 2.75) is 12.5 Å². The molecule has 0 bridgehead atoms. The van der Waals surface area contributed by atoms with Gasteiger partial charge in [-0.3, -0.25) is 4.79 Å². The average Bonchev–Trinajstić information content (AvgIpc) is 2.28. The van der Waals surface area contributed by atoms with Crippen molar-refractivity contribution < 1.29 is 24.2 Å². The molecule has 1 rings (SSSR count). The molecule has 0 spiro atoms. The summed E-state index contributed by atoms with van der Waals surface area (Å²) in [5.74, 6) is -2.82. The first kappa shape index (κ1) is 13.0. The average molecular weight is 242 g/mol. The molecule has 7 heteroatoms. The van der Waals surface area contributed by atoms with Crippen LogP contribution in [-0.2, 0) is 4.79 Å². The Morgan fingerprint density at radius 1 is 1.53 bits per heavy atom. The van der Waals surface area contributed by atoms with E-state index in [1.54, 1.807) is 0 Å². The smallest absolute Gasteiger partial charge is 0.326 e. The number of carbonyl (C=O) groups is 2. The zero-order valence-corrected chi connectivity index (χ0v) is 8.76. The van der Waals surface area contributed by atoms with Gasteiger partial charge in [0.05, 0.1) is 0 Å². The van der Waals surface area contributed by atoms with E-state index in [9.17, 15) is 14.0 Å². The van der Waals surface area contributed by atoms with Crippen LogP contribution in [0.5, 0.6) is 0 Å². The number of halogens is 1. The van der Waals surface area contributed by atoms with Crippen molar-refractivity contribution >= 4 is 11.9 Å². The quantitative estimate of drug-likeness (QED) is 0.620. The standard InChI is InChI=1S/C10H11FN2O4/c11-8-5-6(1-3-12-8)9(15)13-7(2-4-14)10(16)17/h1,3,5,7,14H,2,4H2,(H,13,15)(H,16,17)/t7-/m1/s1. The molecule has 0 aliphatic carbocycles. The van der Waals surface area contributed by atoms with Gasteiger partial charge in [0.2, 0.25) is 5.95 Å². The Bertz CT molecular complexity index is 425. The van der Waals surface area contributed by atoms with Crippen LogP contribution in [0.25, 0.3) is 0 Å². The van der Waals surface area contributed by atoms with Crippen molar-refractivity contribution in [2.24, 2.45) is 0 Å². The van der Waals surface area contributed by atoms with E-state index in [-0.39, 0.29) is 18.6 Å². The molecule has 92 valence electrons. The van der Waals surface area contributed by atoms with Crippen molar-refractivity contribution in [1.29, 1.82) is 0 Å². The minimum atomic E-state index is -1.26. The Hall–Kier alpha value is -2.02. The molecule has 6 nitrogen and oxygen atoms in total. The van der Waals surface area contributed by atoms with Gasteiger partial charge in [-0.05, 0) is 6.07 Å². The number of aromatic nitrogens is 1. The number of carboxylic acid groups (broad SMARTS) is 1. The first-order chi connectivity index (χ1) is 8.04. The molecule has 0 aliphatic heterocycles. The summed E-state index contributed by atoms with van der Waals surface area (Å²) >= 11 is 0. The molecule has 1 amide bonds. The van der Waals surface area contributed by atoms with Gasteiger partial charge in [0.1, 0.15) is 6.04 Å². The molecule has 1 atom stereocenters. The molecule has 0 aliphatic rings. The minimum Gasteiger partial charge on any atom is -0.480 e.